The Morgan fingerprint density at radius 1 is 1.58 bits per heavy atom. The number of amides is 1. The van der Waals surface area contributed by atoms with Crippen molar-refractivity contribution in [1.82, 2.24) is 10.5 Å². The van der Waals surface area contributed by atoms with E-state index >= 15 is 0 Å². The molecule has 0 aliphatic heterocycles. The lowest BCUT2D eigenvalue weighted by Crippen LogP contribution is -2.35. The number of thiophene rings is 1. The molecule has 1 aliphatic carbocycles. The minimum Gasteiger partial charge on any atom is -0.355 e. The molecule has 0 bridgehead atoms. The highest BCUT2D eigenvalue weighted by Gasteiger charge is 2.53. The Morgan fingerprint density at radius 3 is 3.05 bits per heavy atom. The number of hydrogen-bond donors (Lipinski definition) is 1. The second-order valence-electron chi connectivity index (χ2n) is 4.89. The normalized spacial score (nSPS) is 16.3. The molecule has 0 unspecified atom stereocenters. The van der Waals surface area contributed by atoms with Gasteiger partial charge in [0.1, 0.15) is 0 Å². The second-order valence-corrected chi connectivity index (χ2v) is 5.84. The van der Waals surface area contributed by atoms with Gasteiger partial charge in [-0.05, 0) is 30.7 Å². The van der Waals surface area contributed by atoms with Gasteiger partial charge in [-0.1, -0.05) is 18.1 Å². The van der Waals surface area contributed by atoms with Crippen molar-refractivity contribution < 1.29 is 9.32 Å². The van der Waals surface area contributed by atoms with Crippen LogP contribution in [0.2, 0.25) is 0 Å². The van der Waals surface area contributed by atoms with Gasteiger partial charge < -0.3 is 9.84 Å². The molecule has 1 N–H and O–H groups in total. The molecule has 0 saturated heterocycles. The number of carbonyl (C=O) groups excluding carboxylic acids is 1. The molecule has 0 aromatic carbocycles. The minimum atomic E-state index is -0.436. The summed E-state index contributed by atoms with van der Waals surface area (Å²) in [5.74, 6) is 0.833. The number of aromatic nitrogens is 1. The highest BCUT2D eigenvalue weighted by Crippen LogP contribution is 2.48. The average molecular weight is 276 g/mol. The summed E-state index contributed by atoms with van der Waals surface area (Å²) < 4.78 is 5.37. The van der Waals surface area contributed by atoms with E-state index in [0.717, 1.165) is 42.1 Å². The van der Waals surface area contributed by atoms with Crippen LogP contribution in [0.5, 0.6) is 0 Å². The maximum absolute atomic E-state index is 12.2. The Balaban J connectivity index is 1.81. The minimum absolute atomic E-state index is 0.0837. The zero-order valence-electron chi connectivity index (χ0n) is 10.8. The van der Waals surface area contributed by atoms with Crippen LogP contribution in [0.1, 0.15) is 31.9 Å². The molecule has 1 aliphatic rings. The van der Waals surface area contributed by atoms with Crippen LogP contribution in [0.4, 0.5) is 0 Å². The number of nitrogens with one attached hydrogen (secondary N) is 1. The molecule has 0 radical (unpaired) electrons. The SMILES string of the molecule is CCCNC(=O)C1(c2cc(-c3cccs3)on2)CC1. The molecule has 5 heteroatoms. The van der Waals surface area contributed by atoms with Gasteiger partial charge in [0.05, 0.1) is 16.0 Å². The van der Waals surface area contributed by atoms with Crippen LogP contribution >= 0.6 is 11.3 Å². The highest BCUT2D eigenvalue weighted by atomic mass is 32.1. The largest absolute Gasteiger partial charge is 0.355 e. The third-order valence-electron chi connectivity index (χ3n) is 3.48. The summed E-state index contributed by atoms with van der Waals surface area (Å²) in [6.07, 6.45) is 2.67. The predicted molar refractivity (Wildman–Crippen MR) is 74.0 cm³/mol. The van der Waals surface area contributed by atoms with Gasteiger partial charge in [0, 0.05) is 12.6 Å². The fourth-order valence-corrected chi connectivity index (χ4v) is 2.84. The van der Waals surface area contributed by atoms with E-state index in [1.807, 2.05) is 30.5 Å². The topological polar surface area (TPSA) is 55.1 Å². The molecule has 1 saturated carbocycles. The van der Waals surface area contributed by atoms with E-state index in [4.69, 9.17) is 4.52 Å². The van der Waals surface area contributed by atoms with Gasteiger partial charge in [0.25, 0.3) is 0 Å². The first-order valence-electron chi connectivity index (χ1n) is 6.55. The Morgan fingerprint density at radius 2 is 2.42 bits per heavy atom. The van der Waals surface area contributed by atoms with Gasteiger partial charge in [-0.3, -0.25) is 4.79 Å². The molecule has 1 amide bonds. The van der Waals surface area contributed by atoms with E-state index in [0.29, 0.717) is 0 Å². The molecule has 2 heterocycles. The molecular weight excluding hydrogens is 260 g/mol. The average Bonchev–Trinajstić information content (AvgIpc) is 2.88. The van der Waals surface area contributed by atoms with Gasteiger partial charge in [0.2, 0.25) is 5.91 Å². The van der Waals surface area contributed by atoms with Crippen molar-refractivity contribution in [2.45, 2.75) is 31.6 Å². The maximum Gasteiger partial charge on any atom is 0.232 e. The molecule has 2 aromatic heterocycles. The summed E-state index contributed by atoms with van der Waals surface area (Å²) in [6, 6.07) is 5.87. The lowest BCUT2D eigenvalue weighted by Gasteiger charge is -2.11. The maximum atomic E-state index is 12.2. The Hall–Kier alpha value is -1.62. The third-order valence-corrected chi connectivity index (χ3v) is 4.37. The van der Waals surface area contributed by atoms with Crippen molar-refractivity contribution in [3.8, 4) is 10.6 Å². The highest BCUT2D eigenvalue weighted by molar-refractivity contribution is 7.13. The summed E-state index contributed by atoms with van der Waals surface area (Å²) >= 11 is 1.61. The van der Waals surface area contributed by atoms with Crippen LogP contribution < -0.4 is 5.32 Å². The van der Waals surface area contributed by atoms with Gasteiger partial charge in [-0.25, -0.2) is 0 Å². The van der Waals surface area contributed by atoms with Gasteiger partial charge in [-0.2, -0.15) is 0 Å². The van der Waals surface area contributed by atoms with Crippen LogP contribution in [0, 0.1) is 0 Å². The van der Waals surface area contributed by atoms with Crippen LogP contribution in [0.25, 0.3) is 10.6 Å². The predicted octanol–water partition coefficient (Wildman–Crippen LogP) is 2.96. The van der Waals surface area contributed by atoms with Gasteiger partial charge in [0.15, 0.2) is 5.76 Å². The molecule has 3 rings (SSSR count). The first-order valence-corrected chi connectivity index (χ1v) is 7.43. The van der Waals surface area contributed by atoms with Crippen molar-refractivity contribution in [2.75, 3.05) is 6.54 Å². The van der Waals surface area contributed by atoms with E-state index in [2.05, 4.69) is 10.5 Å². The van der Waals surface area contributed by atoms with Crippen LogP contribution in [-0.4, -0.2) is 17.6 Å². The standard InChI is InChI=1S/C14H16N2O2S/c1-2-7-15-13(17)14(5-6-14)12-9-10(18-16-12)11-4-3-8-19-11/h3-4,8-9H,2,5-7H2,1H3,(H,15,17). The summed E-state index contributed by atoms with van der Waals surface area (Å²) in [4.78, 5) is 13.2. The smallest absolute Gasteiger partial charge is 0.232 e. The van der Waals surface area contributed by atoms with E-state index in [9.17, 15) is 4.79 Å². The quantitative estimate of drug-likeness (QED) is 0.913. The van der Waals surface area contributed by atoms with Crippen molar-refractivity contribution >= 4 is 17.2 Å². The number of hydrogen-bond acceptors (Lipinski definition) is 4. The summed E-state index contributed by atoms with van der Waals surface area (Å²) in [5.41, 5.74) is 0.332. The van der Waals surface area contributed by atoms with E-state index in [-0.39, 0.29) is 5.91 Å². The Bertz CT molecular complexity index is 570. The Kier molecular flexibility index (Phi) is 3.14. The second kappa shape index (κ2) is 4.81. The lowest BCUT2D eigenvalue weighted by molar-refractivity contribution is -0.123. The zero-order chi connectivity index (χ0) is 13.3. The number of nitrogens with zero attached hydrogens (tertiary/aromatic N) is 1. The van der Waals surface area contributed by atoms with E-state index in [1.165, 1.54) is 0 Å². The third kappa shape index (κ3) is 2.18. The monoisotopic (exact) mass is 276 g/mol. The molecule has 4 nitrogen and oxygen atoms in total. The molecular formula is C14H16N2O2S. The zero-order valence-corrected chi connectivity index (χ0v) is 11.6. The lowest BCUT2D eigenvalue weighted by atomic mass is 10.0. The van der Waals surface area contributed by atoms with Crippen LogP contribution in [0.15, 0.2) is 28.1 Å². The number of carbonyl (C=O) groups is 1. The Labute approximate surface area is 115 Å². The summed E-state index contributed by atoms with van der Waals surface area (Å²) in [7, 11) is 0. The fraction of sp³-hybridized carbons (Fsp3) is 0.429. The molecule has 19 heavy (non-hydrogen) atoms. The van der Waals surface area contributed by atoms with E-state index < -0.39 is 5.41 Å². The molecule has 0 spiro atoms. The van der Waals surface area contributed by atoms with Gasteiger partial charge in [-0.15, -0.1) is 11.3 Å². The first kappa shape index (κ1) is 12.4. The molecule has 1 fully saturated rings. The number of rotatable bonds is 5. The summed E-state index contributed by atoms with van der Waals surface area (Å²) in [6.45, 7) is 2.76. The fourth-order valence-electron chi connectivity index (χ4n) is 2.17. The van der Waals surface area contributed by atoms with Gasteiger partial charge >= 0.3 is 0 Å². The molecule has 2 aromatic rings. The van der Waals surface area contributed by atoms with Crippen molar-refractivity contribution in [3.05, 3.63) is 29.3 Å². The first-order chi connectivity index (χ1) is 9.26. The van der Waals surface area contributed by atoms with Crippen molar-refractivity contribution in [1.29, 1.82) is 0 Å². The van der Waals surface area contributed by atoms with E-state index in [1.54, 1.807) is 11.3 Å². The molecule has 0 atom stereocenters. The van der Waals surface area contributed by atoms with Crippen LogP contribution in [-0.2, 0) is 10.2 Å². The summed E-state index contributed by atoms with van der Waals surface area (Å²) in [5, 5.41) is 9.06. The van der Waals surface area contributed by atoms with Crippen LogP contribution in [0.3, 0.4) is 0 Å². The van der Waals surface area contributed by atoms with Crippen molar-refractivity contribution in [3.63, 3.8) is 0 Å². The molecule has 100 valence electrons. The van der Waals surface area contributed by atoms with Crippen molar-refractivity contribution in [2.24, 2.45) is 0 Å².